The minimum atomic E-state index is -4.44. The molecule has 1 aromatic carbocycles. The number of hydrogen-bond acceptors (Lipinski definition) is 4. The average molecular weight is 453 g/mol. The molecule has 2 aromatic heterocycles. The smallest absolute Gasteiger partial charge is 0.416 e. The zero-order valence-electron chi connectivity index (χ0n) is 15.8. The lowest BCUT2D eigenvalue weighted by Gasteiger charge is -2.05. The van der Waals surface area contributed by atoms with Crippen LogP contribution in [0.15, 0.2) is 42.6 Å². The monoisotopic (exact) mass is 452 g/mol. The number of nitrogens with zero attached hydrogens (tertiary/aromatic N) is 2. The molecule has 0 atom stereocenters. The van der Waals surface area contributed by atoms with Crippen molar-refractivity contribution < 1.29 is 22.7 Å². The first kappa shape index (κ1) is 22.1. The summed E-state index contributed by atoms with van der Waals surface area (Å²) in [5.41, 5.74) is 1.17. The molecular formula is C21H16ClF3N2O2S. The van der Waals surface area contributed by atoms with Crippen LogP contribution >= 0.6 is 23.4 Å². The van der Waals surface area contributed by atoms with Crippen LogP contribution in [0.1, 0.15) is 29.4 Å². The molecule has 0 N–H and O–H groups in total. The molecule has 0 saturated carbocycles. The van der Waals surface area contributed by atoms with Gasteiger partial charge in [0.25, 0.3) is 0 Å². The Morgan fingerprint density at radius 2 is 2.07 bits per heavy atom. The van der Waals surface area contributed by atoms with Gasteiger partial charge in [0, 0.05) is 17.5 Å². The Kier molecular flexibility index (Phi) is 6.95. The Morgan fingerprint density at radius 1 is 1.27 bits per heavy atom. The number of carbonyl (C=O) groups is 1. The maximum absolute atomic E-state index is 12.9. The molecule has 30 heavy (non-hydrogen) atoms. The summed E-state index contributed by atoms with van der Waals surface area (Å²) in [6, 6.07) is 8.22. The molecule has 0 aliphatic heterocycles. The maximum Gasteiger partial charge on any atom is 0.416 e. The van der Waals surface area contributed by atoms with Crippen LogP contribution in [0.5, 0.6) is 0 Å². The molecule has 0 fully saturated rings. The predicted molar refractivity (Wildman–Crippen MR) is 110 cm³/mol. The number of ether oxygens (including phenoxy) is 1. The Labute approximate surface area is 180 Å². The van der Waals surface area contributed by atoms with E-state index in [1.165, 1.54) is 23.9 Å². The number of hydrogen-bond donors (Lipinski definition) is 0. The third-order valence-electron chi connectivity index (χ3n) is 3.93. The van der Waals surface area contributed by atoms with E-state index in [0.717, 1.165) is 12.1 Å². The summed E-state index contributed by atoms with van der Waals surface area (Å²) in [5.74, 6) is 5.90. The molecule has 3 aromatic rings. The summed E-state index contributed by atoms with van der Waals surface area (Å²) in [5, 5.41) is 0.466. The number of thioether (sulfide) groups is 1. The van der Waals surface area contributed by atoms with Crippen molar-refractivity contribution >= 4 is 35.0 Å². The Balaban J connectivity index is 1.93. The SMILES string of the molecule is CCOC(=O)CSCc1nc2ccc(Cl)cn2c1C#Cc1cccc(C(F)(F)F)c1. The fourth-order valence-corrected chi connectivity index (χ4v) is 3.55. The standard InChI is InChI=1S/C21H16ClF3N2O2S/c1-2-29-20(28)13-30-12-17-18(27-11-16(22)7-9-19(27)26-17)8-6-14-4-3-5-15(10-14)21(23,24)25/h3-5,7,9-11H,2,12-13H2,1H3. The third kappa shape index (κ3) is 5.49. The van der Waals surface area contributed by atoms with Gasteiger partial charge in [-0.1, -0.05) is 23.6 Å². The average Bonchev–Trinajstić information content (AvgIpc) is 3.03. The lowest BCUT2D eigenvalue weighted by molar-refractivity contribution is -0.140. The molecule has 2 heterocycles. The van der Waals surface area contributed by atoms with Crippen LogP contribution < -0.4 is 0 Å². The lowest BCUT2D eigenvalue weighted by Crippen LogP contribution is -2.07. The molecule has 156 valence electrons. The van der Waals surface area contributed by atoms with E-state index in [1.807, 2.05) is 0 Å². The number of benzene rings is 1. The van der Waals surface area contributed by atoms with E-state index in [4.69, 9.17) is 16.3 Å². The molecule has 0 aliphatic rings. The van der Waals surface area contributed by atoms with Gasteiger partial charge in [0.15, 0.2) is 0 Å². The summed E-state index contributed by atoms with van der Waals surface area (Å²) in [6.45, 7) is 2.04. The van der Waals surface area contributed by atoms with Crippen molar-refractivity contribution in [2.24, 2.45) is 0 Å². The second kappa shape index (κ2) is 9.45. The van der Waals surface area contributed by atoms with Crippen molar-refractivity contribution in [1.29, 1.82) is 0 Å². The number of aromatic nitrogens is 2. The van der Waals surface area contributed by atoms with E-state index < -0.39 is 11.7 Å². The zero-order valence-corrected chi connectivity index (χ0v) is 17.4. The minimum Gasteiger partial charge on any atom is -0.465 e. The molecule has 0 aliphatic carbocycles. The number of fused-ring (bicyclic) bond motifs is 1. The van der Waals surface area contributed by atoms with Crippen LogP contribution in [0, 0.1) is 11.8 Å². The first-order valence-corrected chi connectivity index (χ1v) is 10.4. The molecule has 9 heteroatoms. The first-order chi connectivity index (χ1) is 14.3. The van der Waals surface area contributed by atoms with Gasteiger partial charge in [-0.2, -0.15) is 13.2 Å². The van der Waals surface area contributed by atoms with Gasteiger partial charge in [0.05, 0.1) is 28.6 Å². The number of carbonyl (C=O) groups excluding carboxylic acids is 1. The van der Waals surface area contributed by atoms with Gasteiger partial charge in [-0.25, -0.2) is 4.98 Å². The number of imidazole rings is 1. The summed E-state index contributed by atoms with van der Waals surface area (Å²) < 4.78 is 45.4. The molecule has 0 radical (unpaired) electrons. The second-order valence-corrected chi connectivity index (χ2v) is 7.53. The van der Waals surface area contributed by atoms with Gasteiger partial charge in [0.1, 0.15) is 11.3 Å². The quantitative estimate of drug-likeness (QED) is 0.394. The molecular weight excluding hydrogens is 437 g/mol. The van der Waals surface area contributed by atoms with Gasteiger partial charge in [-0.3, -0.25) is 9.20 Å². The lowest BCUT2D eigenvalue weighted by atomic mass is 10.1. The third-order valence-corrected chi connectivity index (χ3v) is 5.07. The fraction of sp³-hybridized carbons (Fsp3) is 0.238. The summed E-state index contributed by atoms with van der Waals surface area (Å²) in [6.07, 6.45) is -2.80. The van der Waals surface area contributed by atoms with Gasteiger partial charge < -0.3 is 4.74 Å². The van der Waals surface area contributed by atoms with Crippen molar-refractivity contribution in [3.8, 4) is 11.8 Å². The zero-order chi connectivity index (χ0) is 21.7. The van der Waals surface area contributed by atoms with Gasteiger partial charge in [0.2, 0.25) is 0 Å². The normalized spacial score (nSPS) is 11.2. The molecule has 3 rings (SSSR count). The van der Waals surface area contributed by atoms with Crippen molar-refractivity contribution in [1.82, 2.24) is 9.38 Å². The van der Waals surface area contributed by atoms with Crippen LogP contribution in [0.4, 0.5) is 13.2 Å². The van der Waals surface area contributed by atoms with Crippen molar-refractivity contribution in [2.45, 2.75) is 18.9 Å². The highest BCUT2D eigenvalue weighted by Crippen LogP contribution is 2.29. The molecule has 4 nitrogen and oxygen atoms in total. The number of esters is 1. The Morgan fingerprint density at radius 3 is 2.80 bits per heavy atom. The molecule has 0 bridgehead atoms. The van der Waals surface area contributed by atoms with Gasteiger partial charge >= 0.3 is 12.1 Å². The summed E-state index contributed by atoms with van der Waals surface area (Å²) in [7, 11) is 0. The maximum atomic E-state index is 12.9. The molecule has 0 amide bonds. The van der Waals surface area contributed by atoms with Gasteiger partial charge in [-0.15, -0.1) is 11.8 Å². The van der Waals surface area contributed by atoms with Gasteiger partial charge in [-0.05, 0) is 43.2 Å². The largest absolute Gasteiger partial charge is 0.465 e. The van der Waals surface area contributed by atoms with Crippen LogP contribution in [0.3, 0.4) is 0 Å². The van der Waals surface area contributed by atoms with Crippen molar-refractivity contribution in [2.75, 3.05) is 12.4 Å². The minimum absolute atomic E-state index is 0.156. The van der Waals surface area contributed by atoms with E-state index in [-0.39, 0.29) is 17.3 Å². The topological polar surface area (TPSA) is 43.6 Å². The van der Waals surface area contributed by atoms with Crippen LogP contribution in [0.2, 0.25) is 5.02 Å². The molecule has 0 unspecified atom stereocenters. The second-order valence-electron chi connectivity index (χ2n) is 6.11. The Hall–Kier alpha value is -2.63. The fourth-order valence-electron chi connectivity index (χ4n) is 2.64. The van der Waals surface area contributed by atoms with E-state index >= 15 is 0 Å². The van der Waals surface area contributed by atoms with E-state index in [2.05, 4.69) is 16.8 Å². The summed E-state index contributed by atoms with van der Waals surface area (Å²) >= 11 is 7.40. The first-order valence-electron chi connectivity index (χ1n) is 8.87. The van der Waals surface area contributed by atoms with Crippen molar-refractivity contribution in [3.63, 3.8) is 0 Å². The number of rotatable bonds is 5. The molecule has 0 saturated heterocycles. The number of halogens is 4. The van der Waals surface area contributed by atoms with Crippen LogP contribution in [-0.4, -0.2) is 27.7 Å². The van der Waals surface area contributed by atoms with Crippen molar-refractivity contribution in [3.05, 3.63) is 70.1 Å². The van der Waals surface area contributed by atoms with E-state index in [1.54, 1.807) is 29.7 Å². The summed E-state index contributed by atoms with van der Waals surface area (Å²) in [4.78, 5) is 16.1. The molecule has 0 spiro atoms. The number of pyridine rings is 1. The van der Waals surface area contributed by atoms with Crippen LogP contribution in [0.25, 0.3) is 5.65 Å². The number of alkyl halides is 3. The highest BCUT2D eigenvalue weighted by Gasteiger charge is 2.30. The van der Waals surface area contributed by atoms with E-state index in [0.29, 0.717) is 34.4 Å². The highest BCUT2D eigenvalue weighted by molar-refractivity contribution is 7.99. The predicted octanol–water partition coefficient (Wildman–Crippen LogP) is 5.20. The van der Waals surface area contributed by atoms with E-state index in [9.17, 15) is 18.0 Å². The highest BCUT2D eigenvalue weighted by atomic mass is 35.5. The van der Waals surface area contributed by atoms with Crippen LogP contribution in [-0.2, 0) is 21.5 Å². The Bertz CT molecular complexity index is 1130.